The van der Waals surface area contributed by atoms with Gasteiger partial charge in [0.25, 0.3) is 11.5 Å². The van der Waals surface area contributed by atoms with Crippen molar-refractivity contribution in [2.24, 2.45) is 0 Å². The zero-order chi connectivity index (χ0) is 20.8. The minimum atomic E-state index is -0.584. The molecule has 0 fully saturated rings. The van der Waals surface area contributed by atoms with Crippen molar-refractivity contribution in [3.63, 3.8) is 0 Å². The third-order valence-electron chi connectivity index (χ3n) is 3.93. The molecule has 0 saturated carbocycles. The standard InChI is InChI=1S/C19H16N6O4/c20-11-14-4-5-15(21-14)18(28)23-13-3-1-2-12(10-13)22-16(26)6-8-25-9-7-17(27)24-19(25)29/h1-5,7,9-10,21H,6,8H2,(H,22,26)(H,23,28)(H,24,27,29). The summed E-state index contributed by atoms with van der Waals surface area (Å²) in [5.74, 6) is -0.762. The van der Waals surface area contributed by atoms with Gasteiger partial charge in [-0.2, -0.15) is 5.26 Å². The molecule has 0 atom stereocenters. The molecular weight excluding hydrogens is 376 g/mol. The average Bonchev–Trinajstić information content (AvgIpc) is 3.17. The monoisotopic (exact) mass is 392 g/mol. The smallest absolute Gasteiger partial charge is 0.328 e. The summed E-state index contributed by atoms with van der Waals surface area (Å²) in [6.07, 6.45) is 1.34. The van der Waals surface area contributed by atoms with Crippen LogP contribution < -0.4 is 21.9 Å². The number of nitrogens with one attached hydrogen (secondary N) is 4. The van der Waals surface area contributed by atoms with Gasteiger partial charge in [-0.3, -0.25) is 19.4 Å². The van der Waals surface area contributed by atoms with Crippen molar-refractivity contribution in [3.8, 4) is 6.07 Å². The molecule has 0 spiro atoms. The highest BCUT2D eigenvalue weighted by atomic mass is 16.2. The molecule has 2 amide bonds. The Kier molecular flexibility index (Phi) is 5.70. The number of H-pyrrole nitrogens is 2. The molecule has 1 aromatic carbocycles. The lowest BCUT2D eigenvalue weighted by Crippen LogP contribution is -2.29. The van der Waals surface area contributed by atoms with Gasteiger partial charge >= 0.3 is 5.69 Å². The first-order valence-corrected chi connectivity index (χ1v) is 8.55. The molecule has 10 heteroatoms. The van der Waals surface area contributed by atoms with Gasteiger partial charge in [0.1, 0.15) is 17.5 Å². The summed E-state index contributed by atoms with van der Waals surface area (Å²) in [6, 6.07) is 12.7. The molecule has 146 valence electrons. The topological polar surface area (TPSA) is 153 Å². The highest BCUT2D eigenvalue weighted by Gasteiger charge is 2.10. The second-order valence-electron chi connectivity index (χ2n) is 6.03. The number of aromatic amines is 2. The van der Waals surface area contributed by atoms with Crippen LogP contribution in [-0.2, 0) is 11.3 Å². The second-order valence-corrected chi connectivity index (χ2v) is 6.03. The minimum absolute atomic E-state index is 0.0158. The number of nitrogens with zero attached hydrogens (tertiary/aromatic N) is 2. The first kappa shape index (κ1) is 19.4. The highest BCUT2D eigenvalue weighted by Crippen LogP contribution is 2.16. The van der Waals surface area contributed by atoms with E-state index in [2.05, 4.69) is 20.6 Å². The number of rotatable bonds is 6. The molecule has 0 saturated heterocycles. The van der Waals surface area contributed by atoms with E-state index >= 15 is 0 Å². The zero-order valence-electron chi connectivity index (χ0n) is 15.1. The molecule has 0 bridgehead atoms. The van der Waals surface area contributed by atoms with Crippen LogP contribution in [-0.4, -0.2) is 26.3 Å². The van der Waals surface area contributed by atoms with E-state index < -0.39 is 17.2 Å². The van der Waals surface area contributed by atoms with E-state index in [1.54, 1.807) is 24.3 Å². The Morgan fingerprint density at radius 2 is 1.79 bits per heavy atom. The molecule has 0 unspecified atom stereocenters. The Hall–Kier alpha value is -4.39. The zero-order valence-corrected chi connectivity index (χ0v) is 15.1. The SMILES string of the molecule is N#Cc1ccc(C(=O)Nc2cccc(NC(=O)CCn3ccc(=O)[nH]c3=O)c2)[nH]1. The lowest BCUT2D eigenvalue weighted by Gasteiger charge is -2.09. The van der Waals surface area contributed by atoms with Crippen LogP contribution in [0.4, 0.5) is 11.4 Å². The predicted octanol–water partition coefficient (Wildman–Crippen LogP) is 1.02. The van der Waals surface area contributed by atoms with Crippen molar-refractivity contribution < 1.29 is 9.59 Å². The molecule has 10 nitrogen and oxygen atoms in total. The predicted molar refractivity (Wildman–Crippen MR) is 104 cm³/mol. The maximum atomic E-state index is 12.2. The Balaban J connectivity index is 1.59. The normalized spacial score (nSPS) is 10.2. The number of carbonyl (C=O) groups excluding carboxylic acids is 2. The molecule has 3 aromatic rings. The fourth-order valence-electron chi connectivity index (χ4n) is 2.53. The Bertz CT molecular complexity index is 1210. The van der Waals surface area contributed by atoms with Crippen molar-refractivity contribution in [1.29, 1.82) is 5.26 Å². The number of nitriles is 1. The Morgan fingerprint density at radius 1 is 1.03 bits per heavy atom. The number of aryl methyl sites for hydroxylation is 1. The van der Waals surface area contributed by atoms with Crippen molar-refractivity contribution in [2.45, 2.75) is 13.0 Å². The van der Waals surface area contributed by atoms with Crippen molar-refractivity contribution in [1.82, 2.24) is 14.5 Å². The molecule has 2 aromatic heterocycles. The number of hydrogen-bond donors (Lipinski definition) is 4. The summed E-state index contributed by atoms with van der Waals surface area (Å²) in [6.45, 7) is 0.103. The van der Waals surface area contributed by atoms with Gasteiger partial charge in [0.05, 0.1) is 0 Å². The van der Waals surface area contributed by atoms with Crippen molar-refractivity contribution in [2.75, 3.05) is 10.6 Å². The van der Waals surface area contributed by atoms with E-state index in [1.807, 2.05) is 6.07 Å². The average molecular weight is 392 g/mol. The molecule has 3 rings (SSSR count). The van der Waals surface area contributed by atoms with E-state index in [9.17, 15) is 19.2 Å². The molecule has 0 aliphatic heterocycles. The van der Waals surface area contributed by atoms with E-state index in [0.717, 1.165) is 0 Å². The largest absolute Gasteiger partial charge is 0.342 e. The summed E-state index contributed by atoms with van der Waals surface area (Å²) < 4.78 is 1.23. The highest BCUT2D eigenvalue weighted by molar-refractivity contribution is 6.03. The summed E-state index contributed by atoms with van der Waals surface area (Å²) in [5, 5.41) is 14.2. The molecule has 0 aliphatic rings. The van der Waals surface area contributed by atoms with Gasteiger partial charge in [-0.25, -0.2) is 4.79 Å². The van der Waals surface area contributed by atoms with Crippen LogP contribution in [0.2, 0.25) is 0 Å². The number of carbonyl (C=O) groups is 2. The van der Waals surface area contributed by atoms with Gasteiger partial charge in [-0.05, 0) is 30.3 Å². The van der Waals surface area contributed by atoms with Crippen LogP contribution >= 0.6 is 0 Å². The first-order valence-electron chi connectivity index (χ1n) is 8.55. The Labute approximate surface area is 163 Å². The van der Waals surface area contributed by atoms with Gasteiger partial charge in [0.2, 0.25) is 5.91 Å². The minimum Gasteiger partial charge on any atom is -0.342 e. The van der Waals surface area contributed by atoms with Crippen LogP contribution in [0.5, 0.6) is 0 Å². The van der Waals surface area contributed by atoms with E-state index in [4.69, 9.17) is 5.26 Å². The van der Waals surface area contributed by atoms with E-state index in [0.29, 0.717) is 11.4 Å². The van der Waals surface area contributed by atoms with Crippen LogP contribution in [0.25, 0.3) is 0 Å². The first-order chi connectivity index (χ1) is 13.9. The van der Waals surface area contributed by atoms with Crippen LogP contribution in [0.3, 0.4) is 0 Å². The van der Waals surface area contributed by atoms with Gasteiger partial charge in [-0.15, -0.1) is 0 Å². The number of aromatic nitrogens is 3. The van der Waals surface area contributed by atoms with Gasteiger partial charge < -0.3 is 20.2 Å². The van der Waals surface area contributed by atoms with Gasteiger partial charge in [0, 0.05) is 36.6 Å². The lowest BCUT2D eigenvalue weighted by atomic mass is 10.2. The number of anilines is 2. The molecule has 2 heterocycles. The number of amides is 2. The molecular formula is C19H16N6O4. The van der Waals surface area contributed by atoms with Crippen LogP contribution in [0.1, 0.15) is 22.6 Å². The molecule has 4 N–H and O–H groups in total. The summed E-state index contributed by atoms with van der Waals surface area (Å²) in [5.41, 5.74) is 0.348. The second kappa shape index (κ2) is 8.53. The third-order valence-corrected chi connectivity index (χ3v) is 3.93. The molecule has 0 aliphatic carbocycles. The number of benzene rings is 1. The Morgan fingerprint density at radius 3 is 2.48 bits per heavy atom. The van der Waals surface area contributed by atoms with Crippen LogP contribution in [0.15, 0.2) is 58.3 Å². The van der Waals surface area contributed by atoms with Crippen LogP contribution in [0, 0.1) is 11.3 Å². The summed E-state index contributed by atoms with van der Waals surface area (Å²) in [4.78, 5) is 51.8. The maximum Gasteiger partial charge on any atom is 0.328 e. The fourth-order valence-corrected chi connectivity index (χ4v) is 2.53. The summed E-state index contributed by atoms with van der Waals surface area (Å²) in [7, 11) is 0. The maximum absolute atomic E-state index is 12.2. The van der Waals surface area contributed by atoms with Crippen molar-refractivity contribution >= 4 is 23.2 Å². The molecule has 29 heavy (non-hydrogen) atoms. The third kappa shape index (κ3) is 5.08. The quantitative estimate of drug-likeness (QED) is 0.493. The van der Waals surface area contributed by atoms with Gasteiger partial charge in [-0.1, -0.05) is 6.07 Å². The molecule has 0 radical (unpaired) electrons. The lowest BCUT2D eigenvalue weighted by molar-refractivity contribution is -0.116. The van der Waals surface area contributed by atoms with E-state index in [1.165, 1.54) is 29.0 Å². The fraction of sp³-hybridized carbons (Fsp3) is 0.105. The summed E-state index contributed by atoms with van der Waals surface area (Å²) >= 11 is 0. The van der Waals surface area contributed by atoms with E-state index in [-0.39, 0.29) is 30.3 Å². The van der Waals surface area contributed by atoms with Crippen molar-refractivity contribution in [3.05, 3.63) is 80.9 Å². The van der Waals surface area contributed by atoms with Gasteiger partial charge in [0.15, 0.2) is 0 Å². The number of hydrogen-bond acceptors (Lipinski definition) is 5.